The maximum Gasteiger partial charge on any atom is 0.0444 e. The first-order chi connectivity index (χ1) is 9.63. The Morgan fingerprint density at radius 3 is 2.50 bits per heavy atom. The van der Waals surface area contributed by atoms with E-state index in [2.05, 4.69) is 23.1 Å². The van der Waals surface area contributed by atoms with Crippen LogP contribution in [0.3, 0.4) is 0 Å². The standard InChI is InChI=1S/C17H20ClNO/c1-19(2)14-7-5-6-13(12-14)15(10-11-20)16-8-3-4-9-17(16)18/h3-9,12,15,20H,10-11H2,1-2H3. The molecule has 1 N–H and O–H groups in total. The van der Waals surface area contributed by atoms with Crippen molar-refractivity contribution in [3.05, 3.63) is 64.7 Å². The number of aliphatic hydroxyl groups excluding tert-OH is 1. The van der Waals surface area contributed by atoms with Gasteiger partial charge in [0.2, 0.25) is 0 Å². The summed E-state index contributed by atoms with van der Waals surface area (Å²) in [6.45, 7) is 0.141. The van der Waals surface area contributed by atoms with Gasteiger partial charge in [0, 0.05) is 37.3 Å². The van der Waals surface area contributed by atoms with Crippen molar-refractivity contribution in [2.75, 3.05) is 25.6 Å². The molecule has 2 aromatic carbocycles. The van der Waals surface area contributed by atoms with Crippen LogP contribution in [-0.2, 0) is 0 Å². The molecule has 0 aliphatic heterocycles. The maximum atomic E-state index is 9.38. The molecular weight excluding hydrogens is 270 g/mol. The van der Waals surface area contributed by atoms with Crippen molar-refractivity contribution < 1.29 is 5.11 Å². The number of hydrogen-bond donors (Lipinski definition) is 1. The second-order valence-corrected chi connectivity index (χ2v) is 5.48. The molecule has 0 spiro atoms. The zero-order valence-corrected chi connectivity index (χ0v) is 12.6. The fourth-order valence-electron chi connectivity index (χ4n) is 2.41. The van der Waals surface area contributed by atoms with E-state index in [1.165, 1.54) is 5.56 Å². The van der Waals surface area contributed by atoms with Gasteiger partial charge in [0.1, 0.15) is 0 Å². The lowest BCUT2D eigenvalue weighted by Gasteiger charge is -2.21. The topological polar surface area (TPSA) is 23.5 Å². The molecule has 2 aromatic rings. The second kappa shape index (κ2) is 6.78. The fourth-order valence-corrected chi connectivity index (χ4v) is 2.68. The number of aliphatic hydroxyl groups is 1. The third-order valence-electron chi connectivity index (χ3n) is 3.49. The highest BCUT2D eigenvalue weighted by Crippen LogP contribution is 2.33. The van der Waals surface area contributed by atoms with Crippen LogP contribution in [0.5, 0.6) is 0 Å². The van der Waals surface area contributed by atoms with Gasteiger partial charge in [0.15, 0.2) is 0 Å². The zero-order valence-electron chi connectivity index (χ0n) is 11.9. The first-order valence-corrected chi connectivity index (χ1v) is 7.14. The lowest BCUT2D eigenvalue weighted by molar-refractivity contribution is 0.281. The molecule has 3 heteroatoms. The van der Waals surface area contributed by atoms with Crippen molar-refractivity contribution in [3.8, 4) is 0 Å². The summed E-state index contributed by atoms with van der Waals surface area (Å²) in [5, 5.41) is 10.1. The smallest absolute Gasteiger partial charge is 0.0444 e. The third-order valence-corrected chi connectivity index (χ3v) is 3.83. The Kier molecular flexibility index (Phi) is 5.05. The molecule has 106 valence electrons. The summed E-state index contributed by atoms with van der Waals surface area (Å²) in [7, 11) is 4.05. The Balaban J connectivity index is 2.43. The van der Waals surface area contributed by atoms with Gasteiger partial charge in [-0.3, -0.25) is 0 Å². The van der Waals surface area contributed by atoms with E-state index < -0.39 is 0 Å². The van der Waals surface area contributed by atoms with Crippen LogP contribution in [0, 0.1) is 0 Å². The van der Waals surface area contributed by atoms with E-state index in [0.29, 0.717) is 6.42 Å². The van der Waals surface area contributed by atoms with Crippen molar-refractivity contribution in [3.63, 3.8) is 0 Å². The molecule has 0 radical (unpaired) electrons. The molecule has 0 aliphatic rings. The summed E-state index contributed by atoms with van der Waals surface area (Å²) in [5.41, 5.74) is 3.40. The van der Waals surface area contributed by atoms with Gasteiger partial charge in [-0.25, -0.2) is 0 Å². The van der Waals surface area contributed by atoms with E-state index in [0.717, 1.165) is 16.3 Å². The summed E-state index contributed by atoms with van der Waals surface area (Å²) >= 11 is 6.31. The van der Waals surface area contributed by atoms with Crippen LogP contribution < -0.4 is 4.90 Å². The van der Waals surface area contributed by atoms with E-state index in [1.54, 1.807) is 0 Å². The Labute approximate surface area is 125 Å². The van der Waals surface area contributed by atoms with Crippen molar-refractivity contribution >= 4 is 17.3 Å². The molecule has 0 bridgehead atoms. The van der Waals surface area contributed by atoms with Crippen molar-refractivity contribution in [2.24, 2.45) is 0 Å². The number of anilines is 1. The molecule has 0 saturated carbocycles. The summed E-state index contributed by atoms with van der Waals surface area (Å²) in [5.74, 6) is 0.119. The first-order valence-electron chi connectivity index (χ1n) is 6.76. The number of nitrogens with zero attached hydrogens (tertiary/aromatic N) is 1. The minimum Gasteiger partial charge on any atom is -0.396 e. The molecule has 20 heavy (non-hydrogen) atoms. The average Bonchev–Trinajstić information content (AvgIpc) is 2.46. The van der Waals surface area contributed by atoms with Gasteiger partial charge in [-0.2, -0.15) is 0 Å². The average molecular weight is 290 g/mol. The van der Waals surface area contributed by atoms with Crippen LogP contribution in [0.1, 0.15) is 23.5 Å². The fraction of sp³-hybridized carbons (Fsp3) is 0.294. The van der Waals surface area contributed by atoms with Crippen LogP contribution in [0.15, 0.2) is 48.5 Å². The minimum atomic E-state index is 0.119. The summed E-state index contributed by atoms with van der Waals surface area (Å²) in [6, 6.07) is 16.2. The molecule has 0 amide bonds. The quantitative estimate of drug-likeness (QED) is 0.902. The number of hydrogen-bond acceptors (Lipinski definition) is 2. The normalized spacial score (nSPS) is 12.2. The predicted molar refractivity (Wildman–Crippen MR) is 85.8 cm³/mol. The Bertz CT molecular complexity index is 568. The van der Waals surface area contributed by atoms with Gasteiger partial charge >= 0.3 is 0 Å². The van der Waals surface area contributed by atoms with E-state index in [1.807, 2.05) is 44.4 Å². The highest BCUT2D eigenvalue weighted by atomic mass is 35.5. The molecule has 1 unspecified atom stereocenters. The Morgan fingerprint density at radius 1 is 1.10 bits per heavy atom. The first kappa shape index (κ1) is 14.9. The summed E-state index contributed by atoms with van der Waals surface area (Å²) < 4.78 is 0. The molecule has 2 nitrogen and oxygen atoms in total. The van der Waals surface area contributed by atoms with Crippen LogP contribution in [0.4, 0.5) is 5.69 Å². The van der Waals surface area contributed by atoms with Gasteiger partial charge in [-0.1, -0.05) is 41.9 Å². The number of halogens is 1. The number of rotatable bonds is 5. The SMILES string of the molecule is CN(C)c1cccc(C(CCO)c2ccccc2Cl)c1. The van der Waals surface area contributed by atoms with E-state index in [-0.39, 0.29) is 12.5 Å². The van der Waals surface area contributed by atoms with Crippen molar-refractivity contribution in [1.82, 2.24) is 0 Å². The largest absolute Gasteiger partial charge is 0.396 e. The van der Waals surface area contributed by atoms with Crippen LogP contribution in [-0.4, -0.2) is 25.8 Å². The molecule has 1 atom stereocenters. The number of benzene rings is 2. The monoisotopic (exact) mass is 289 g/mol. The van der Waals surface area contributed by atoms with Crippen molar-refractivity contribution in [1.29, 1.82) is 0 Å². The molecule has 2 rings (SSSR count). The lowest BCUT2D eigenvalue weighted by atomic mass is 9.88. The molecular formula is C17H20ClNO. The highest BCUT2D eigenvalue weighted by molar-refractivity contribution is 6.31. The van der Waals surface area contributed by atoms with Crippen LogP contribution in [0.2, 0.25) is 5.02 Å². The Morgan fingerprint density at radius 2 is 1.85 bits per heavy atom. The maximum absolute atomic E-state index is 9.38. The van der Waals surface area contributed by atoms with Crippen LogP contribution >= 0.6 is 11.6 Å². The van der Waals surface area contributed by atoms with Gasteiger partial charge in [-0.05, 0) is 35.7 Å². The van der Waals surface area contributed by atoms with Gasteiger partial charge in [0.05, 0.1) is 0 Å². The molecule has 0 aliphatic carbocycles. The van der Waals surface area contributed by atoms with E-state index >= 15 is 0 Å². The Hall–Kier alpha value is -1.51. The predicted octanol–water partition coefficient (Wildman–Crippen LogP) is 3.92. The minimum absolute atomic E-state index is 0.119. The molecule has 0 aromatic heterocycles. The summed E-state index contributed by atoms with van der Waals surface area (Å²) in [6.07, 6.45) is 0.667. The lowest BCUT2D eigenvalue weighted by Crippen LogP contribution is -2.10. The van der Waals surface area contributed by atoms with E-state index in [9.17, 15) is 5.11 Å². The van der Waals surface area contributed by atoms with E-state index in [4.69, 9.17) is 11.6 Å². The zero-order chi connectivity index (χ0) is 14.5. The van der Waals surface area contributed by atoms with Crippen LogP contribution in [0.25, 0.3) is 0 Å². The molecule has 0 heterocycles. The van der Waals surface area contributed by atoms with Gasteiger partial charge in [-0.15, -0.1) is 0 Å². The van der Waals surface area contributed by atoms with Gasteiger partial charge < -0.3 is 10.0 Å². The molecule has 0 fully saturated rings. The second-order valence-electron chi connectivity index (χ2n) is 5.08. The van der Waals surface area contributed by atoms with Gasteiger partial charge in [0.25, 0.3) is 0 Å². The van der Waals surface area contributed by atoms with Crippen molar-refractivity contribution in [2.45, 2.75) is 12.3 Å². The molecule has 0 saturated heterocycles. The highest BCUT2D eigenvalue weighted by Gasteiger charge is 2.17. The summed E-state index contributed by atoms with van der Waals surface area (Å²) in [4.78, 5) is 2.08. The third kappa shape index (κ3) is 3.33.